The lowest BCUT2D eigenvalue weighted by molar-refractivity contribution is -0.0895. The van der Waals surface area contributed by atoms with E-state index in [4.69, 9.17) is 21.1 Å². The van der Waals surface area contributed by atoms with E-state index in [1.807, 2.05) is 32.1 Å². The number of aliphatic hydroxyl groups is 1. The van der Waals surface area contributed by atoms with Gasteiger partial charge in [0, 0.05) is 17.9 Å². The number of ether oxygens (including phenoxy) is 2. The van der Waals surface area contributed by atoms with Gasteiger partial charge in [0.05, 0.1) is 30.7 Å². The molecule has 4 heteroatoms. The molecule has 140 valence electrons. The first-order valence-electron chi connectivity index (χ1n) is 9.36. The van der Waals surface area contributed by atoms with Gasteiger partial charge in [0.1, 0.15) is 0 Å². The van der Waals surface area contributed by atoms with Gasteiger partial charge >= 0.3 is 0 Å². The Morgan fingerprint density at radius 1 is 1.27 bits per heavy atom. The second-order valence-electron chi connectivity index (χ2n) is 7.00. The van der Waals surface area contributed by atoms with Gasteiger partial charge in [-0.2, -0.15) is 0 Å². The molecule has 0 saturated carbocycles. The summed E-state index contributed by atoms with van der Waals surface area (Å²) in [5.74, 6) is 0.983. The summed E-state index contributed by atoms with van der Waals surface area (Å²) in [5, 5.41) is 10.8. The minimum Gasteiger partial charge on any atom is -0.498 e. The van der Waals surface area contributed by atoms with E-state index in [0.717, 1.165) is 34.8 Å². The van der Waals surface area contributed by atoms with E-state index in [1.54, 1.807) is 0 Å². The molecule has 0 unspecified atom stereocenters. The molecule has 1 fully saturated rings. The number of rotatable bonds is 5. The first kappa shape index (κ1) is 19.2. The summed E-state index contributed by atoms with van der Waals surface area (Å²) in [6.07, 6.45) is 11.0. The molecule has 1 aromatic carbocycles. The smallest absolute Gasteiger partial charge is 0.0997 e. The van der Waals surface area contributed by atoms with Crippen LogP contribution in [0, 0.1) is 0 Å². The van der Waals surface area contributed by atoms with Crippen molar-refractivity contribution < 1.29 is 14.6 Å². The second-order valence-corrected chi connectivity index (χ2v) is 7.41. The molecule has 26 heavy (non-hydrogen) atoms. The van der Waals surface area contributed by atoms with Gasteiger partial charge in [-0.25, -0.2) is 0 Å². The first-order valence-corrected chi connectivity index (χ1v) is 9.74. The van der Waals surface area contributed by atoms with Crippen LogP contribution in [0.4, 0.5) is 0 Å². The molecular formula is C22H27ClO3. The van der Waals surface area contributed by atoms with Crippen molar-refractivity contribution in [2.75, 3.05) is 6.61 Å². The highest BCUT2D eigenvalue weighted by Gasteiger charge is 2.27. The summed E-state index contributed by atoms with van der Waals surface area (Å²) in [7, 11) is 0. The highest BCUT2D eigenvalue weighted by molar-refractivity contribution is 6.31. The van der Waals surface area contributed by atoms with Crippen molar-refractivity contribution in [3.8, 4) is 0 Å². The van der Waals surface area contributed by atoms with Crippen LogP contribution in [0.1, 0.15) is 50.3 Å². The van der Waals surface area contributed by atoms with Crippen molar-refractivity contribution in [2.24, 2.45) is 0 Å². The zero-order valence-electron chi connectivity index (χ0n) is 15.5. The van der Waals surface area contributed by atoms with Crippen molar-refractivity contribution in [1.29, 1.82) is 0 Å². The molecule has 3 atom stereocenters. The molecule has 1 heterocycles. The molecule has 0 bridgehead atoms. The average molecular weight is 375 g/mol. The Hall–Kier alpha value is -1.55. The number of benzene rings is 1. The Morgan fingerprint density at radius 2 is 2.12 bits per heavy atom. The van der Waals surface area contributed by atoms with Crippen LogP contribution >= 0.6 is 11.6 Å². The topological polar surface area (TPSA) is 38.7 Å². The van der Waals surface area contributed by atoms with Crippen LogP contribution in [0.25, 0.3) is 0 Å². The Labute approximate surface area is 161 Å². The fourth-order valence-corrected chi connectivity index (χ4v) is 3.73. The number of hydrogen-bond donors (Lipinski definition) is 1. The van der Waals surface area contributed by atoms with Crippen molar-refractivity contribution in [2.45, 2.75) is 57.8 Å². The van der Waals surface area contributed by atoms with Crippen LogP contribution in [0.3, 0.4) is 0 Å². The molecule has 1 N–H and O–H groups in total. The number of hydrogen-bond acceptors (Lipinski definition) is 3. The fraction of sp³-hybridized carbons (Fsp3) is 0.455. The third kappa shape index (κ3) is 5.00. The minimum atomic E-state index is -0.308. The SMILES string of the molecule is CCOC1=CC=C(Cc2cc([C@H]3C[C@@H](O)C[C@@H](C)O3)ccc2Cl)C=CC1. The minimum absolute atomic E-state index is 0.0671. The third-order valence-electron chi connectivity index (χ3n) is 4.79. The standard InChI is InChI=1S/C22H27ClO3/c1-3-25-20-6-4-5-16(7-9-20)12-18-13-17(8-10-21(18)23)22-14-19(24)11-15(2)26-22/h4-5,7-10,13,15,19,22,24H,3,6,11-12,14H2,1-2H3/t15-,19+,22-/m1/s1. The van der Waals surface area contributed by atoms with Gasteiger partial charge in [0.15, 0.2) is 0 Å². The highest BCUT2D eigenvalue weighted by atomic mass is 35.5. The molecule has 0 radical (unpaired) electrons. The summed E-state index contributed by atoms with van der Waals surface area (Å²) in [4.78, 5) is 0. The summed E-state index contributed by atoms with van der Waals surface area (Å²) in [6.45, 7) is 4.69. The Kier molecular flexibility index (Phi) is 6.58. The van der Waals surface area contributed by atoms with E-state index >= 15 is 0 Å². The largest absolute Gasteiger partial charge is 0.498 e. The molecule has 3 rings (SSSR count). The van der Waals surface area contributed by atoms with Gasteiger partial charge in [0.25, 0.3) is 0 Å². The van der Waals surface area contributed by atoms with Crippen LogP contribution in [0.5, 0.6) is 0 Å². The maximum absolute atomic E-state index is 10.1. The highest BCUT2D eigenvalue weighted by Crippen LogP contribution is 2.33. The van der Waals surface area contributed by atoms with Crippen LogP contribution in [-0.2, 0) is 15.9 Å². The van der Waals surface area contributed by atoms with E-state index in [9.17, 15) is 5.11 Å². The predicted octanol–water partition coefficient (Wildman–Crippen LogP) is 5.29. The monoisotopic (exact) mass is 374 g/mol. The van der Waals surface area contributed by atoms with Crippen LogP contribution < -0.4 is 0 Å². The zero-order valence-corrected chi connectivity index (χ0v) is 16.2. The van der Waals surface area contributed by atoms with E-state index in [2.05, 4.69) is 24.3 Å². The van der Waals surface area contributed by atoms with Crippen LogP contribution in [-0.4, -0.2) is 23.9 Å². The molecule has 0 amide bonds. The van der Waals surface area contributed by atoms with E-state index in [1.165, 1.54) is 5.57 Å². The van der Waals surface area contributed by atoms with Crippen LogP contribution in [0.15, 0.2) is 53.8 Å². The normalized spacial score (nSPS) is 26.1. The lowest BCUT2D eigenvalue weighted by atomic mass is 9.94. The average Bonchev–Trinajstić information content (AvgIpc) is 2.82. The first-order chi connectivity index (χ1) is 12.5. The predicted molar refractivity (Wildman–Crippen MR) is 105 cm³/mol. The molecule has 1 saturated heterocycles. The maximum atomic E-state index is 10.1. The second kappa shape index (κ2) is 8.90. The molecule has 1 aromatic rings. The van der Waals surface area contributed by atoms with Gasteiger partial charge < -0.3 is 14.6 Å². The summed E-state index contributed by atoms with van der Waals surface area (Å²) in [6, 6.07) is 6.06. The summed E-state index contributed by atoms with van der Waals surface area (Å²) < 4.78 is 11.6. The molecule has 1 aliphatic carbocycles. The van der Waals surface area contributed by atoms with Gasteiger partial charge in [-0.3, -0.25) is 0 Å². The maximum Gasteiger partial charge on any atom is 0.0997 e. The van der Waals surface area contributed by atoms with Gasteiger partial charge in [-0.15, -0.1) is 0 Å². The molecule has 0 aromatic heterocycles. The summed E-state index contributed by atoms with van der Waals surface area (Å²) >= 11 is 6.45. The molecule has 0 spiro atoms. The van der Waals surface area contributed by atoms with Gasteiger partial charge in [-0.05, 0) is 55.5 Å². The molecule has 3 nitrogen and oxygen atoms in total. The van der Waals surface area contributed by atoms with E-state index < -0.39 is 0 Å². The summed E-state index contributed by atoms with van der Waals surface area (Å²) in [5.41, 5.74) is 3.35. The Bertz CT molecular complexity index is 710. The molecular weight excluding hydrogens is 348 g/mol. The van der Waals surface area contributed by atoms with E-state index in [-0.39, 0.29) is 18.3 Å². The number of halogens is 1. The molecule has 2 aliphatic rings. The Balaban J connectivity index is 1.78. The number of aliphatic hydroxyl groups excluding tert-OH is 1. The Morgan fingerprint density at radius 3 is 2.88 bits per heavy atom. The lowest BCUT2D eigenvalue weighted by Crippen LogP contribution is -2.29. The zero-order chi connectivity index (χ0) is 18.5. The molecule has 1 aliphatic heterocycles. The van der Waals surface area contributed by atoms with Crippen molar-refractivity contribution in [3.05, 3.63) is 70.0 Å². The van der Waals surface area contributed by atoms with Gasteiger partial charge in [-0.1, -0.05) is 42.0 Å². The third-order valence-corrected chi connectivity index (χ3v) is 5.16. The number of allylic oxidation sites excluding steroid dienone is 5. The van der Waals surface area contributed by atoms with Crippen LogP contribution in [0.2, 0.25) is 5.02 Å². The van der Waals surface area contributed by atoms with E-state index in [0.29, 0.717) is 19.4 Å². The quantitative estimate of drug-likeness (QED) is 0.761. The van der Waals surface area contributed by atoms with Gasteiger partial charge in [0.2, 0.25) is 0 Å². The van der Waals surface area contributed by atoms with Crippen molar-refractivity contribution in [3.63, 3.8) is 0 Å². The van der Waals surface area contributed by atoms with Crippen molar-refractivity contribution in [1.82, 2.24) is 0 Å². The van der Waals surface area contributed by atoms with Crippen molar-refractivity contribution >= 4 is 11.6 Å². The fourth-order valence-electron chi connectivity index (χ4n) is 3.54. The lowest BCUT2D eigenvalue weighted by Gasteiger charge is -2.32.